The fourth-order valence-electron chi connectivity index (χ4n) is 2.42. The first kappa shape index (κ1) is 13.3. The standard InChI is InChI=1S/C14H23N3O/c1-3-15-14-9-16-12(8-17-14)10-18-13-7-5-4-6-11(13)2/h8-9,11,13H,3-7,10H2,1-2H3,(H,15,17). The van der Waals surface area contributed by atoms with E-state index in [-0.39, 0.29) is 0 Å². The van der Waals surface area contributed by atoms with E-state index >= 15 is 0 Å². The molecule has 2 rings (SSSR count). The summed E-state index contributed by atoms with van der Waals surface area (Å²) in [6.45, 7) is 5.77. The normalized spacial score (nSPS) is 23.9. The highest BCUT2D eigenvalue weighted by Crippen LogP contribution is 2.26. The lowest BCUT2D eigenvalue weighted by Crippen LogP contribution is -2.25. The molecule has 0 bridgehead atoms. The van der Waals surface area contributed by atoms with E-state index in [2.05, 4.69) is 22.2 Å². The van der Waals surface area contributed by atoms with E-state index in [1.165, 1.54) is 25.7 Å². The number of nitrogens with zero attached hydrogens (tertiary/aromatic N) is 2. The summed E-state index contributed by atoms with van der Waals surface area (Å²) < 4.78 is 5.96. The van der Waals surface area contributed by atoms with E-state index in [4.69, 9.17) is 4.74 Å². The van der Waals surface area contributed by atoms with Crippen molar-refractivity contribution in [1.82, 2.24) is 9.97 Å². The van der Waals surface area contributed by atoms with Crippen molar-refractivity contribution in [3.05, 3.63) is 18.1 Å². The number of hydrogen-bond acceptors (Lipinski definition) is 4. The first-order valence-electron chi connectivity index (χ1n) is 6.96. The van der Waals surface area contributed by atoms with Gasteiger partial charge in [-0.1, -0.05) is 19.8 Å². The number of ether oxygens (including phenoxy) is 1. The number of hydrogen-bond donors (Lipinski definition) is 1. The van der Waals surface area contributed by atoms with Crippen LogP contribution in [0, 0.1) is 5.92 Å². The van der Waals surface area contributed by atoms with Crippen LogP contribution < -0.4 is 5.32 Å². The predicted molar refractivity (Wildman–Crippen MR) is 72.4 cm³/mol. The maximum atomic E-state index is 5.96. The zero-order valence-corrected chi connectivity index (χ0v) is 11.4. The average Bonchev–Trinajstić information content (AvgIpc) is 2.40. The van der Waals surface area contributed by atoms with Gasteiger partial charge in [-0.15, -0.1) is 0 Å². The van der Waals surface area contributed by atoms with Gasteiger partial charge in [0.2, 0.25) is 0 Å². The molecule has 0 radical (unpaired) electrons. The van der Waals surface area contributed by atoms with E-state index in [1.807, 2.05) is 6.92 Å². The second kappa shape index (κ2) is 6.69. The summed E-state index contributed by atoms with van der Waals surface area (Å²) in [6, 6.07) is 0. The maximum Gasteiger partial charge on any atom is 0.144 e. The molecule has 1 aromatic rings. The van der Waals surface area contributed by atoms with E-state index in [0.717, 1.165) is 18.1 Å². The first-order chi connectivity index (χ1) is 8.79. The van der Waals surface area contributed by atoms with E-state index < -0.39 is 0 Å². The minimum Gasteiger partial charge on any atom is -0.372 e. The minimum absolute atomic E-state index is 0.397. The highest BCUT2D eigenvalue weighted by Gasteiger charge is 2.21. The fourth-order valence-corrected chi connectivity index (χ4v) is 2.42. The third-order valence-electron chi connectivity index (χ3n) is 3.54. The predicted octanol–water partition coefficient (Wildman–Crippen LogP) is 3.00. The molecule has 1 aromatic heterocycles. The van der Waals surface area contributed by atoms with Gasteiger partial charge in [0.05, 0.1) is 30.8 Å². The summed E-state index contributed by atoms with van der Waals surface area (Å²) in [5.74, 6) is 1.50. The van der Waals surface area contributed by atoms with Gasteiger partial charge >= 0.3 is 0 Å². The highest BCUT2D eigenvalue weighted by atomic mass is 16.5. The molecular formula is C14H23N3O. The Morgan fingerprint density at radius 1 is 1.28 bits per heavy atom. The molecule has 1 N–H and O–H groups in total. The molecule has 1 fully saturated rings. The number of nitrogens with one attached hydrogen (secondary N) is 1. The minimum atomic E-state index is 0.397. The molecule has 4 nitrogen and oxygen atoms in total. The van der Waals surface area contributed by atoms with Crippen LogP contribution in [0.3, 0.4) is 0 Å². The third-order valence-corrected chi connectivity index (χ3v) is 3.54. The molecule has 2 unspecified atom stereocenters. The second-order valence-electron chi connectivity index (χ2n) is 5.03. The van der Waals surface area contributed by atoms with Crippen molar-refractivity contribution in [2.45, 2.75) is 52.2 Å². The van der Waals surface area contributed by atoms with Crippen molar-refractivity contribution in [3.8, 4) is 0 Å². The van der Waals surface area contributed by atoms with Crippen LogP contribution in [-0.4, -0.2) is 22.6 Å². The SMILES string of the molecule is CCNc1cnc(COC2CCCCC2C)cn1. The maximum absolute atomic E-state index is 5.96. The van der Waals surface area contributed by atoms with Crippen molar-refractivity contribution in [2.24, 2.45) is 5.92 Å². The Morgan fingerprint density at radius 3 is 2.78 bits per heavy atom. The van der Waals surface area contributed by atoms with Crippen molar-refractivity contribution >= 4 is 5.82 Å². The van der Waals surface area contributed by atoms with Crippen LogP contribution in [0.2, 0.25) is 0 Å². The van der Waals surface area contributed by atoms with Crippen LogP contribution in [0.1, 0.15) is 45.2 Å². The molecule has 2 atom stereocenters. The summed E-state index contributed by atoms with van der Waals surface area (Å²) in [6.07, 6.45) is 9.07. The Morgan fingerprint density at radius 2 is 2.11 bits per heavy atom. The zero-order chi connectivity index (χ0) is 12.8. The zero-order valence-electron chi connectivity index (χ0n) is 11.4. The molecule has 0 aromatic carbocycles. The molecule has 0 spiro atoms. The quantitative estimate of drug-likeness (QED) is 0.871. The summed E-state index contributed by atoms with van der Waals surface area (Å²) in [5.41, 5.74) is 0.912. The van der Waals surface area contributed by atoms with Gasteiger partial charge in [0, 0.05) is 6.54 Å². The topological polar surface area (TPSA) is 47.0 Å². The molecule has 0 aliphatic heterocycles. The van der Waals surface area contributed by atoms with Crippen molar-refractivity contribution in [2.75, 3.05) is 11.9 Å². The van der Waals surface area contributed by atoms with Crippen LogP contribution in [0.25, 0.3) is 0 Å². The highest BCUT2D eigenvalue weighted by molar-refractivity contribution is 5.30. The van der Waals surface area contributed by atoms with Gasteiger partial charge in [-0.05, 0) is 25.7 Å². The lowest BCUT2D eigenvalue weighted by atomic mass is 9.88. The molecular weight excluding hydrogens is 226 g/mol. The van der Waals surface area contributed by atoms with Crippen LogP contribution in [0.15, 0.2) is 12.4 Å². The molecule has 4 heteroatoms. The Hall–Kier alpha value is -1.16. The summed E-state index contributed by atoms with van der Waals surface area (Å²) in [4.78, 5) is 8.65. The molecule has 1 aliphatic rings. The van der Waals surface area contributed by atoms with Crippen molar-refractivity contribution in [3.63, 3.8) is 0 Å². The van der Waals surface area contributed by atoms with Crippen LogP contribution >= 0.6 is 0 Å². The van der Waals surface area contributed by atoms with Crippen LogP contribution in [0.4, 0.5) is 5.82 Å². The van der Waals surface area contributed by atoms with Gasteiger partial charge in [0.1, 0.15) is 5.82 Å². The second-order valence-corrected chi connectivity index (χ2v) is 5.03. The number of aromatic nitrogens is 2. The Bertz CT molecular complexity index is 353. The third kappa shape index (κ3) is 3.67. The van der Waals surface area contributed by atoms with Crippen LogP contribution in [0.5, 0.6) is 0 Å². The van der Waals surface area contributed by atoms with Gasteiger partial charge < -0.3 is 10.1 Å². The molecule has 0 amide bonds. The van der Waals surface area contributed by atoms with Crippen LogP contribution in [-0.2, 0) is 11.3 Å². The molecule has 18 heavy (non-hydrogen) atoms. The largest absolute Gasteiger partial charge is 0.372 e. The van der Waals surface area contributed by atoms with Gasteiger partial charge in [0.15, 0.2) is 0 Å². The van der Waals surface area contributed by atoms with E-state index in [1.54, 1.807) is 12.4 Å². The average molecular weight is 249 g/mol. The Balaban J connectivity index is 1.82. The Kier molecular flexibility index (Phi) is 4.93. The number of rotatable bonds is 5. The van der Waals surface area contributed by atoms with Crippen molar-refractivity contribution in [1.29, 1.82) is 0 Å². The number of anilines is 1. The molecule has 1 aliphatic carbocycles. The Labute approximate surface area is 109 Å². The lowest BCUT2D eigenvalue weighted by Gasteiger charge is -2.28. The smallest absolute Gasteiger partial charge is 0.144 e. The summed E-state index contributed by atoms with van der Waals surface area (Å²) >= 11 is 0. The first-order valence-corrected chi connectivity index (χ1v) is 6.96. The van der Waals surface area contributed by atoms with Gasteiger partial charge in [-0.3, -0.25) is 4.98 Å². The monoisotopic (exact) mass is 249 g/mol. The van der Waals surface area contributed by atoms with E-state index in [9.17, 15) is 0 Å². The molecule has 1 saturated carbocycles. The lowest BCUT2D eigenvalue weighted by molar-refractivity contribution is -0.0168. The van der Waals surface area contributed by atoms with Gasteiger partial charge in [-0.2, -0.15) is 0 Å². The fraction of sp³-hybridized carbons (Fsp3) is 0.714. The van der Waals surface area contributed by atoms with Crippen molar-refractivity contribution < 1.29 is 4.74 Å². The summed E-state index contributed by atoms with van der Waals surface area (Å²) in [5, 5.41) is 3.13. The molecule has 1 heterocycles. The van der Waals surface area contributed by atoms with Gasteiger partial charge in [-0.25, -0.2) is 4.98 Å². The van der Waals surface area contributed by atoms with E-state index in [0.29, 0.717) is 18.6 Å². The molecule has 100 valence electrons. The van der Waals surface area contributed by atoms with Gasteiger partial charge in [0.25, 0.3) is 0 Å². The summed E-state index contributed by atoms with van der Waals surface area (Å²) in [7, 11) is 0. The molecule has 0 saturated heterocycles.